The molecule has 0 aromatic heterocycles. The molecule has 0 spiro atoms. The Labute approximate surface area is 302 Å². The van der Waals surface area contributed by atoms with Gasteiger partial charge in [-0.05, 0) is 12.8 Å². The van der Waals surface area contributed by atoms with Gasteiger partial charge in [0, 0.05) is 13.0 Å². The smallest absolute Gasteiger partial charge is 0.305 e. The predicted octanol–water partition coefficient (Wildman–Crippen LogP) is 3.89. The van der Waals surface area contributed by atoms with E-state index in [4.69, 9.17) is 61.6 Å². The summed E-state index contributed by atoms with van der Waals surface area (Å²) in [5.41, 5.74) is 0. The van der Waals surface area contributed by atoms with Crippen LogP contribution in [0.5, 0.6) is 0 Å². The first kappa shape index (κ1) is 49.0. The van der Waals surface area contributed by atoms with Crippen LogP contribution in [0.2, 0.25) is 0 Å². The molecular formula is C36H72O14. The molecule has 0 aromatic rings. The molecular weight excluding hydrogens is 656 g/mol. The minimum atomic E-state index is -0.159. The van der Waals surface area contributed by atoms with Crippen LogP contribution < -0.4 is 0 Å². The highest BCUT2D eigenvalue weighted by Gasteiger charge is 2.02. The number of ether oxygens (including phenoxy) is 13. The fourth-order valence-corrected chi connectivity index (χ4v) is 3.96. The molecule has 0 rings (SSSR count). The van der Waals surface area contributed by atoms with Crippen LogP contribution in [0.25, 0.3) is 0 Å². The van der Waals surface area contributed by atoms with Crippen LogP contribution in [0.1, 0.15) is 65.2 Å². The molecule has 0 aliphatic heterocycles. The van der Waals surface area contributed by atoms with Gasteiger partial charge in [-0.3, -0.25) is 4.79 Å². The summed E-state index contributed by atoms with van der Waals surface area (Å²) in [5.74, 6) is -0.159. The van der Waals surface area contributed by atoms with E-state index in [1.807, 2.05) is 0 Å². The molecule has 0 saturated heterocycles. The summed E-state index contributed by atoms with van der Waals surface area (Å²) in [7, 11) is 0. The van der Waals surface area contributed by atoms with Gasteiger partial charge in [0.25, 0.3) is 0 Å². The normalized spacial score (nSPS) is 11.5. The summed E-state index contributed by atoms with van der Waals surface area (Å²) in [4.78, 5) is 11.5. The number of hydrogen-bond acceptors (Lipinski definition) is 14. The summed E-state index contributed by atoms with van der Waals surface area (Å²) in [6.07, 6.45) is 8.38. The van der Waals surface area contributed by atoms with Crippen molar-refractivity contribution in [3.63, 3.8) is 0 Å². The molecule has 0 fully saturated rings. The number of carbonyl (C=O) groups is 1. The lowest BCUT2D eigenvalue weighted by atomic mass is 10.2. The standard InChI is InChI=1S/C36H72O14/c1-3-5-7-9-11-38-12-13-39-14-15-40-16-17-41-18-19-42-20-21-43-22-23-44-24-25-45-26-27-46-28-29-47-30-31-48-32-33-49-34-35-50-36(37)10-8-6-4-2/h3-35H2,1-2H3. The molecule has 0 bridgehead atoms. The number of esters is 1. The second-order valence-corrected chi connectivity index (χ2v) is 11.1. The summed E-state index contributed by atoms with van der Waals surface area (Å²) in [5, 5.41) is 0. The Balaban J connectivity index is 3.07. The molecule has 0 atom stereocenters. The second-order valence-electron chi connectivity index (χ2n) is 11.1. The van der Waals surface area contributed by atoms with Crippen molar-refractivity contribution in [2.75, 3.05) is 165 Å². The fourth-order valence-electron chi connectivity index (χ4n) is 3.96. The SMILES string of the molecule is CCCCCCOCCOCCOCCOCCOCCOCCOCCOCCOCCOCCOCCOCCOC(=O)CCCCC. The summed E-state index contributed by atoms with van der Waals surface area (Å²) >= 11 is 0. The van der Waals surface area contributed by atoms with E-state index in [0.717, 1.165) is 32.3 Å². The average Bonchev–Trinajstić information content (AvgIpc) is 3.12. The van der Waals surface area contributed by atoms with Gasteiger partial charge in [-0.1, -0.05) is 46.0 Å². The molecule has 50 heavy (non-hydrogen) atoms. The van der Waals surface area contributed by atoms with Crippen molar-refractivity contribution in [1.29, 1.82) is 0 Å². The van der Waals surface area contributed by atoms with Gasteiger partial charge in [-0.2, -0.15) is 0 Å². The number of rotatable bonds is 45. The molecule has 0 amide bonds. The van der Waals surface area contributed by atoms with Crippen LogP contribution in [0.15, 0.2) is 0 Å². The molecule has 0 heterocycles. The highest BCUT2D eigenvalue weighted by Crippen LogP contribution is 2.00. The van der Waals surface area contributed by atoms with Gasteiger partial charge in [0.1, 0.15) is 6.61 Å². The molecule has 0 radical (unpaired) electrons. The monoisotopic (exact) mass is 728 g/mol. The molecule has 0 unspecified atom stereocenters. The van der Waals surface area contributed by atoms with Gasteiger partial charge in [0.15, 0.2) is 0 Å². The predicted molar refractivity (Wildman–Crippen MR) is 189 cm³/mol. The highest BCUT2D eigenvalue weighted by molar-refractivity contribution is 5.69. The van der Waals surface area contributed by atoms with Crippen LogP contribution in [-0.4, -0.2) is 171 Å². The van der Waals surface area contributed by atoms with E-state index >= 15 is 0 Å². The molecule has 0 aromatic carbocycles. The third-order valence-electron chi connectivity index (χ3n) is 6.71. The second kappa shape index (κ2) is 46.0. The minimum Gasteiger partial charge on any atom is -0.463 e. The highest BCUT2D eigenvalue weighted by atomic mass is 16.6. The van der Waals surface area contributed by atoms with Crippen molar-refractivity contribution in [3.8, 4) is 0 Å². The summed E-state index contributed by atoms with van der Waals surface area (Å²) < 4.78 is 70.8. The number of carbonyl (C=O) groups excluding carboxylic acids is 1. The van der Waals surface area contributed by atoms with Gasteiger partial charge in [0.05, 0.1) is 152 Å². The third kappa shape index (κ3) is 45.0. The Kier molecular flexibility index (Phi) is 45.1. The molecule has 0 saturated carbocycles. The van der Waals surface area contributed by atoms with Crippen molar-refractivity contribution >= 4 is 5.97 Å². The van der Waals surface area contributed by atoms with Crippen molar-refractivity contribution < 1.29 is 66.4 Å². The fraction of sp³-hybridized carbons (Fsp3) is 0.972. The lowest BCUT2D eigenvalue weighted by Crippen LogP contribution is -2.15. The zero-order valence-electron chi connectivity index (χ0n) is 31.5. The Bertz CT molecular complexity index is 632. The first-order valence-electron chi connectivity index (χ1n) is 18.9. The first-order chi connectivity index (χ1) is 24.8. The van der Waals surface area contributed by atoms with Gasteiger partial charge in [0.2, 0.25) is 0 Å². The Hall–Kier alpha value is -1.01. The van der Waals surface area contributed by atoms with Crippen molar-refractivity contribution in [2.24, 2.45) is 0 Å². The van der Waals surface area contributed by atoms with Crippen LogP contribution in [0, 0.1) is 0 Å². The largest absolute Gasteiger partial charge is 0.463 e. The Morgan fingerprint density at radius 1 is 0.280 bits per heavy atom. The molecule has 0 N–H and O–H groups in total. The zero-order valence-corrected chi connectivity index (χ0v) is 31.5. The third-order valence-corrected chi connectivity index (χ3v) is 6.71. The minimum absolute atomic E-state index is 0.159. The zero-order chi connectivity index (χ0) is 36.1. The molecule has 14 heteroatoms. The average molecular weight is 729 g/mol. The van der Waals surface area contributed by atoms with E-state index in [9.17, 15) is 4.79 Å². The molecule has 300 valence electrons. The maximum Gasteiger partial charge on any atom is 0.305 e. The van der Waals surface area contributed by atoms with Crippen LogP contribution in [0.3, 0.4) is 0 Å². The maximum atomic E-state index is 11.5. The molecule has 0 aliphatic rings. The summed E-state index contributed by atoms with van der Waals surface area (Å²) in [6.45, 7) is 17.2. The first-order valence-corrected chi connectivity index (χ1v) is 18.9. The van der Waals surface area contributed by atoms with Gasteiger partial charge >= 0.3 is 5.97 Å². The number of unbranched alkanes of at least 4 members (excludes halogenated alkanes) is 5. The Morgan fingerprint density at radius 3 is 0.800 bits per heavy atom. The van der Waals surface area contributed by atoms with E-state index < -0.39 is 0 Å². The van der Waals surface area contributed by atoms with Crippen LogP contribution in [-0.2, 0) is 66.4 Å². The van der Waals surface area contributed by atoms with Gasteiger partial charge < -0.3 is 61.6 Å². The van der Waals surface area contributed by atoms with Gasteiger partial charge in [-0.15, -0.1) is 0 Å². The number of hydrogen-bond donors (Lipinski definition) is 0. The van der Waals surface area contributed by atoms with E-state index in [0.29, 0.717) is 158 Å². The molecule has 0 aliphatic carbocycles. The van der Waals surface area contributed by atoms with Crippen molar-refractivity contribution in [1.82, 2.24) is 0 Å². The molecule has 14 nitrogen and oxygen atoms in total. The lowest BCUT2D eigenvalue weighted by Gasteiger charge is -2.09. The van der Waals surface area contributed by atoms with E-state index in [1.165, 1.54) is 19.3 Å². The van der Waals surface area contributed by atoms with Crippen molar-refractivity contribution in [2.45, 2.75) is 65.2 Å². The summed E-state index contributed by atoms with van der Waals surface area (Å²) in [6, 6.07) is 0. The van der Waals surface area contributed by atoms with Crippen LogP contribution in [0.4, 0.5) is 0 Å². The lowest BCUT2D eigenvalue weighted by molar-refractivity contribution is -0.145. The maximum absolute atomic E-state index is 11.5. The quantitative estimate of drug-likeness (QED) is 0.0662. The van der Waals surface area contributed by atoms with E-state index in [1.54, 1.807) is 0 Å². The van der Waals surface area contributed by atoms with Crippen molar-refractivity contribution in [3.05, 3.63) is 0 Å². The topological polar surface area (TPSA) is 137 Å². The van der Waals surface area contributed by atoms with Crippen LogP contribution >= 0.6 is 0 Å². The van der Waals surface area contributed by atoms with E-state index in [-0.39, 0.29) is 12.6 Å². The Morgan fingerprint density at radius 2 is 0.520 bits per heavy atom. The van der Waals surface area contributed by atoms with Gasteiger partial charge in [-0.25, -0.2) is 0 Å². The van der Waals surface area contributed by atoms with E-state index in [2.05, 4.69) is 13.8 Å².